The zero-order valence-electron chi connectivity index (χ0n) is 10.9. The van der Waals surface area contributed by atoms with Gasteiger partial charge in [-0.2, -0.15) is 13.2 Å². The third kappa shape index (κ3) is 2.34. The first-order valence-corrected chi connectivity index (χ1v) is 6.41. The quantitative estimate of drug-likeness (QED) is 0.651. The highest BCUT2D eigenvalue weighted by Crippen LogP contribution is 2.36. The molecule has 1 atom stereocenters. The maximum Gasteiger partial charge on any atom is 0.393 e. The van der Waals surface area contributed by atoms with Crippen molar-refractivity contribution in [2.75, 3.05) is 5.73 Å². The summed E-state index contributed by atoms with van der Waals surface area (Å²) < 4.78 is 53.5. The summed E-state index contributed by atoms with van der Waals surface area (Å²) in [5.74, 6) is -1.44. The number of halogens is 4. The van der Waals surface area contributed by atoms with Gasteiger partial charge in [0, 0.05) is 18.5 Å². The number of hydrogen-bond acceptors (Lipinski definition) is 3. The molecule has 1 aromatic heterocycles. The van der Waals surface area contributed by atoms with Crippen molar-refractivity contribution in [1.29, 1.82) is 0 Å². The van der Waals surface area contributed by atoms with Crippen LogP contribution in [0.2, 0.25) is 0 Å². The van der Waals surface area contributed by atoms with Crippen molar-refractivity contribution in [3.63, 3.8) is 0 Å². The van der Waals surface area contributed by atoms with E-state index in [1.807, 2.05) is 0 Å². The highest BCUT2D eigenvalue weighted by Gasteiger charge is 2.42. The Labute approximate surface area is 117 Å². The molecule has 3 rings (SSSR count). The van der Waals surface area contributed by atoms with E-state index in [4.69, 9.17) is 5.73 Å². The molecule has 0 amide bonds. The Morgan fingerprint density at radius 1 is 1.24 bits per heavy atom. The Morgan fingerprint density at radius 3 is 2.71 bits per heavy atom. The molecular formula is C13H12F4N4. The summed E-state index contributed by atoms with van der Waals surface area (Å²) >= 11 is 0. The normalized spacial score (nSPS) is 18.6. The van der Waals surface area contributed by atoms with Gasteiger partial charge in [0.05, 0.1) is 11.6 Å². The molecule has 8 heteroatoms. The highest BCUT2D eigenvalue weighted by molar-refractivity contribution is 5.72. The average Bonchev–Trinajstić information content (AvgIpc) is 2.84. The number of anilines is 1. The predicted octanol–water partition coefficient (Wildman–Crippen LogP) is 2.79. The lowest BCUT2D eigenvalue weighted by Gasteiger charge is -2.26. The lowest BCUT2D eigenvalue weighted by molar-refractivity contribution is -0.182. The number of alkyl halides is 3. The summed E-state index contributed by atoms with van der Waals surface area (Å²) in [5, 5.41) is 7.77. The Hall–Kier alpha value is -2.12. The maximum absolute atomic E-state index is 13.5. The van der Waals surface area contributed by atoms with E-state index in [1.54, 1.807) is 0 Å². The van der Waals surface area contributed by atoms with Crippen molar-refractivity contribution >= 4 is 5.69 Å². The van der Waals surface area contributed by atoms with E-state index in [0.717, 1.165) is 0 Å². The van der Waals surface area contributed by atoms with Gasteiger partial charge in [-0.25, -0.2) is 4.39 Å². The van der Waals surface area contributed by atoms with Crippen LogP contribution in [0.15, 0.2) is 18.2 Å². The van der Waals surface area contributed by atoms with Crippen LogP contribution in [0.25, 0.3) is 11.4 Å². The second-order valence-corrected chi connectivity index (χ2v) is 5.03. The molecule has 1 unspecified atom stereocenters. The van der Waals surface area contributed by atoms with E-state index < -0.39 is 17.9 Å². The number of aryl methyl sites for hydroxylation is 1. The van der Waals surface area contributed by atoms with Crippen molar-refractivity contribution in [3.05, 3.63) is 29.8 Å². The van der Waals surface area contributed by atoms with E-state index in [0.29, 0.717) is 5.82 Å². The molecule has 0 spiro atoms. The largest absolute Gasteiger partial charge is 0.396 e. The summed E-state index contributed by atoms with van der Waals surface area (Å²) in [6, 6.07) is 4.14. The van der Waals surface area contributed by atoms with Gasteiger partial charge in [0.15, 0.2) is 5.82 Å². The van der Waals surface area contributed by atoms with Gasteiger partial charge in [-0.15, -0.1) is 10.2 Å². The molecule has 2 aromatic rings. The van der Waals surface area contributed by atoms with Gasteiger partial charge in [-0.1, -0.05) is 6.07 Å². The van der Waals surface area contributed by atoms with Gasteiger partial charge in [0.2, 0.25) is 0 Å². The standard InChI is InChI=1S/C13H12F4N4/c14-9-3-1-2-8(11(9)18)12-20-19-10-5-4-7(6-21(10)12)13(15,16)17/h1-3,7H,4-6,18H2. The first-order chi connectivity index (χ1) is 9.88. The minimum Gasteiger partial charge on any atom is -0.396 e. The van der Waals surface area contributed by atoms with Gasteiger partial charge < -0.3 is 10.3 Å². The molecule has 2 heterocycles. The average molecular weight is 300 g/mol. The number of nitrogens with zero attached hydrogens (tertiary/aromatic N) is 3. The predicted molar refractivity (Wildman–Crippen MR) is 67.7 cm³/mol. The molecular weight excluding hydrogens is 288 g/mol. The summed E-state index contributed by atoms with van der Waals surface area (Å²) in [6.45, 7) is -0.267. The lowest BCUT2D eigenvalue weighted by Crippen LogP contribution is -2.32. The van der Waals surface area contributed by atoms with Crippen LogP contribution in [0.5, 0.6) is 0 Å². The molecule has 1 aromatic carbocycles. The second kappa shape index (κ2) is 4.71. The van der Waals surface area contributed by atoms with Crippen molar-refractivity contribution in [1.82, 2.24) is 14.8 Å². The Morgan fingerprint density at radius 2 is 2.00 bits per heavy atom. The van der Waals surface area contributed by atoms with Crippen molar-refractivity contribution in [2.24, 2.45) is 5.92 Å². The number of nitrogen functional groups attached to an aromatic ring is 1. The second-order valence-electron chi connectivity index (χ2n) is 5.03. The van der Waals surface area contributed by atoms with Gasteiger partial charge in [0.1, 0.15) is 11.6 Å². The van der Waals surface area contributed by atoms with Gasteiger partial charge in [-0.3, -0.25) is 0 Å². The summed E-state index contributed by atoms with van der Waals surface area (Å²) in [6.07, 6.45) is -4.10. The molecule has 112 valence electrons. The highest BCUT2D eigenvalue weighted by atomic mass is 19.4. The van der Waals surface area contributed by atoms with Crippen LogP contribution >= 0.6 is 0 Å². The fraction of sp³-hybridized carbons (Fsp3) is 0.385. The molecule has 4 nitrogen and oxygen atoms in total. The van der Waals surface area contributed by atoms with Crippen LogP contribution < -0.4 is 5.73 Å². The first-order valence-electron chi connectivity index (χ1n) is 6.41. The van der Waals surface area contributed by atoms with Gasteiger partial charge in [-0.05, 0) is 18.6 Å². The van der Waals surface area contributed by atoms with Crippen molar-refractivity contribution < 1.29 is 17.6 Å². The minimum atomic E-state index is -4.27. The molecule has 0 bridgehead atoms. The minimum absolute atomic E-state index is 0.0136. The third-order valence-electron chi connectivity index (χ3n) is 3.70. The Kier molecular flexibility index (Phi) is 3.11. The molecule has 2 N–H and O–H groups in total. The molecule has 0 radical (unpaired) electrons. The molecule has 21 heavy (non-hydrogen) atoms. The summed E-state index contributed by atoms with van der Waals surface area (Å²) in [5.41, 5.74) is 5.77. The van der Waals surface area contributed by atoms with Crippen LogP contribution in [0.3, 0.4) is 0 Å². The van der Waals surface area contributed by atoms with Crippen LogP contribution in [0.4, 0.5) is 23.2 Å². The van der Waals surface area contributed by atoms with Crippen LogP contribution in [-0.2, 0) is 13.0 Å². The third-order valence-corrected chi connectivity index (χ3v) is 3.70. The van der Waals surface area contributed by atoms with Gasteiger partial charge >= 0.3 is 6.18 Å². The van der Waals surface area contributed by atoms with Crippen molar-refractivity contribution in [3.8, 4) is 11.4 Å². The Bertz CT molecular complexity index is 677. The number of nitrogens with two attached hydrogens (primary N) is 1. The maximum atomic E-state index is 13.5. The molecule has 0 aliphatic carbocycles. The van der Waals surface area contributed by atoms with E-state index in [9.17, 15) is 17.6 Å². The van der Waals surface area contributed by atoms with E-state index >= 15 is 0 Å². The number of fused-ring (bicyclic) bond motifs is 1. The molecule has 0 saturated heterocycles. The zero-order valence-corrected chi connectivity index (χ0v) is 10.9. The molecule has 1 aliphatic rings. The monoisotopic (exact) mass is 300 g/mol. The van der Waals surface area contributed by atoms with E-state index in [1.165, 1.54) is 22.8 Å². The van der Waals surface area contributed by atoms with Gasteiger partial charge in [0.25, 0.3) is 0 Å². The molecule has 0 fully saturated rings. The number of rotatable bonds is 1. The van der Waals surface area contributed by atoms with Crippen molar-refractivity contribution in [2.45, 2.75) is 25.6 Å². The zero-order chi connectivity index (χ0) is 15.2. The van der Waals surface area contributed by atoms with Crippen LogP contribution in [-0.4, -0.2) is 20.9 Å². The number of aromatic nitrogens is 3. The smallest absolute Gasteiger partial charge is 0.393 e. The van der Waals surface area contributed by atoms with Crippen LogP contribution in [0.1, 0.15) is 12.2 Å². The molecule has 1 aliphatic heterocycles. The lowest BCUT2D eigenvalue weighted by atomic mass is 9.98. The summed E-state index contributed by atoms with van der Waals surface area (Å²) in [4.78, 5) is 0. The Balaban J connectivity index is 2.04. The molecule has 0 saturated carbocycles. The van der Waals surface area contributed by atoms with E-state index in [2.05, 4.69) is 10.2 Å². The fourth-order valence-corrected chi connectivity index (χ4v) is 2.53. The van der Waals surface area contributed by atoms with Crippen LogP contribution in [0, 0.1) is 11.7 Å². The first kappa shape index (κ1) is 13.8. The fourth-order valence-electron chi connectivity index (χ4n) is 2.53. The number of hydrogen-bond donors (Lipinski definition) is 1. The number of benzene rings is 1. The topological polar surface area (TPSA) is 56.7 Å². The SMILES string of the molecule is Nc1c(F)cccc1-c1nnc2n1CC(C(F)(F)F)CC2. The van der Waals surface area contributed by atoms with E-state index in [-0.39, 0.29) is 36.5 Å². The number of para-hydroxylation sites is 1. The summed E-state index contributed by atoms with van der Waals surface area (Å²) in [7, 11) is 0.